The van der Waals surface area contributed by atoms with Gasteiger partial charge in [0, 0.05) is 25.4 Å². The molecule has 1 amide bonds. The van der Waals surface area contributed by atoms with Gasteiger partial charge < -0.3 is 4.90 Å². The van der Waals surface area contributed by atoms with E-state index in [9.17, 15) is 13.2 Å². The molecular weight excluding hydrogens is 262 g/mol. The number of likely N-dealkylation sites (tertiary alicyclic amines) is 1. The van der Waals surface area contributed by atoms with Gasteiger partial charge in [0.05, 0.1) is 5.25 Å². The molecule has 1 saturated heterocycles. The van der Waals surface area contributed by atoms with E-state index >= 15 is 0 Å². The van der Waals surface area contributed by atoms with Crippen LogP contribution in [-0.2, 0) is 14.6 Å². The maximum absolute atomic E-state index is 11.9. The van der Waals surface area contributed by atoms with Gasteiger partial charge in [0.15, 0.2) is 9.84 Å². The lowest BCUT2D eigenvalue weighted by molar-refractivity contribution is -0.124. The molecule has 5 heteroatoms. The van der Waals surface area contributed by atoms with Crippen molar-refractivity contribution in [2.24, 2.45) is 0 Å². The Morgan fingerprint density at radius 2 is 2.00 bits per heavy atom. The van der Waals surface area contributed by atoms with Gasteiger partial charge in [-0.15, -0.1) is 0 Å². The summed E-state index contributed by atoms with van der Waals surface area (Å²) in [5.41, 5.74) is 0.953. The highest BCUT2D eigenvalue weighted by Gasteiger charge is 2.31. The van der Waals surface area contributed by atoms with E-state index in [-0.39, 0.29) is 5.91 Å². The summed E-state index contributed by atoms with van der Waals surface area (Å²) in [5, 5.41) is -0.415. The van der Waals surface area contributed by atoms with E-state index in [4.69, 9.17) is 0 Å². The number of amides is 1. The van der Waals surface area contributed by atoms with Crippen LogP contribution in [0.15, 0.2) is 36.4 Å². The maximum atomic E-state index is 11.9. The fourth-order valence-electron chi connectivity index (χ4n) is 2.11. The maximum Gasteiger partial charge on any atom is 0.246 e. The number of carbonyl (C=O) groups excluding carboxylic acids is 1. The molecule has 0 radical (unpaired) electrons. The third-order valence-electron chi connectivity index (χ3n) is 3.28. The summed E-state index contributed by atoms with van der Waals surface area (Å²) in [4.78, 5) is 13.5. The van der Waals surface area contributed by atoms with Gasteiger partial charge >= 0.3 is 0 Å². The number of benzene rings is 1. The van der Waals surface area contributed by atoms with Gasteiger partial charge in [-0.2, -0.15) is 0 Å². The molecule has 1 heterocycles. The molecule has 1 aromatic rings. The lowest BCUT2D eigenvalue weighted by Crippen LogP contribution is -2.30. The van der Waals surface area contributed by atoms with Crippen LogP contribution in [0, 0.1) is 0 Å². The summed E-state index contributed by atoms with van der Waals surface area (Å²) in [5.74, 6) is -0.130. The molecule has 0 N–H and O–H groups in total. The third-order valence-corrected chi connectivity index (χ3v) is 4.88. The second kappa shape index (κ2) is 5.57. The van der Waals surface area contributed by atoms with Crippen LogP contribution in [0.1, 0.15) is 12.0 Å². The molecule has 0 aliphatic carbocycles. The number of hydrogen-bond donors (Lipinski definition) is 0. The van der Waals surface area contributed by atoms with Crippen LogP contribution < -0.4 is 0 Å². The smallest absolute Gasteiger partial charge is 0.246 e. The van der Waals surface area contributed by atoms with Crippen LogP contribution in [-0.4, -0.2) is 43.8 Å². The molecule has 102 valence electrons. The molecule has 1 unspecified atom stereocenters. The molecule has 1 aromatic carbocycles. The summed E-state index contributed by atoms with van der Waals surface area (Å²) in [6.07, 6.45) is 5.01. The molecule has 4 nitrogen and oxygen atoms in total. The molecule has 1 fully saturated rings. The first-order valence-electron chi connectivity index (χ1n) is 6.18. The van der Waals surface area contributed by atoms with E-state index < -0.39 is 15.1 Å². The number of sulfone groups is 1. The predicted octanol–water partition coefficient (Wildman–Crippen LogP) is 1.35. The van der Waals surface area contributed by atoms with Crippen molar-refractivity contribution >= 4 is 21.8 Å². The lowest BCUT2D eigenvalue weighted by Gasteiger charge is -2.13. The second-order valence-corrected chi connectivity index (χ2v) is 7.09. The molecule has 19 heavy (non-hydrogen) atoms. The minimum atomic E-state index is -3.05. The minimum Gasteiger partial charge on any atom is -0.338 e. The highest BCUT2D eigenvalue weighted by atomic mass is 32.2. The SMILES string of the molecule is CS(=O)(=O)C1CCN(C(=O)/C=C/c2ccccc2)C1. The van der Waals surface area contributed by atoms with Crippen molar-refractivity contribution in [1.82, 2.24) is 4.90 Å². The first-order chi connectivity index (χ1) is 8.97. The Morgan fingerprint density at radius 3 is 2.58 bits per heavy atom. The first-order valence-corrected chi connectivity index (χ1v) is 8.13. The van der Waals surface area contributed by atoms with Crippen molar-refractivity contribution in [3.8, 4) is 0 Å². The third kappa shape index (κ3) is 3.67. The summed E-state index contributed by atoms with van der Waals surface area (Å²) >= 11 is 0. The normalized spacial score (nSPS) is 20.1. The van der Waals surface area contributed by atoms with Gasteiger partial charge in [-0.3, -0.25) is 4.79 Å². The van der Waals surface area contributed by atoms with Crippen LogP contribution in [0.5, 0.6) is 0 Å². The van der Waals surface area contributed by atoms with Crippen molar-refractivity contribution in [3.63, 3.8) is 0 Å². The van der Waals surface area contributed by atoms with Crippen LogP contribution >= 0.6 is 0 Å². The van der Waals surface area contributed by atoms with Crippen molar-refractivity contribution in [2.75, 3.05) is 19.3 Å². The standard InChI is InChI=1S/C14H17NO3S/c1-19(17,18)13-9-10-15(11-13)14(16)8-7-12-5-3-2-4-6-12/h2-8,13H,9-11H2,1H3/b8-7+. The molecule has 1 aliphatic rings. The Labute approximate surface area is 113 Å². The average molecular weight is 279 g/mol. The van der Waals surface area contributed by atoms with Crippen LogP contribution in [0.4, 0.5) is 0 Å². The van der Waals surface area contributed by atoms with E-state index in [1.807, 2.05) is 30.3 Å². The van der Waals surface area contributed by atoms with Crippen LogP contribution in [0.25, 0.3) is 6.08 Å². The van der Waals surface area contributed by atoms with Crippen LogP contribution in [0.2, 0.25) is 0 Å². The van der Waals surface area contributed by atoms with Gasteiger partial charge in [0.1, 0.15) is 0 Å². The zero-order valence-electron chi connectivity index (χ0n) is 10.8. The summed E-state index contributed by atoms with van der Waals surface area (Å²) in [6.45, 7) is 0.812. The summed E-state index contributed by atoms with van der Waals surface area (Å²) in [6, 6.07) is 9.54. The Balaban J connectivity index is 1.97. The molecule has 0 aromatic heterocycles. The molecule has 0 spiro atoms. The van der Waals surface area contributed by atoms with E-state index in [1.165, 1.54) is 12.3 Å². The Morgan fingerprint density at radius 1 is 1.32 bits per heavy atom. The zero-order valence-corrected chi connectivity index (χ0v) is 11.6. The zero-order chi connectivity index (χ0) is 13.9. The number of carbonyl (C=O) groups is 1. The topological polar surface area (TPSA) is 54.5 Å². The highest BCUT2D eigenvalue weighted by Crippen LogP contribution is 2.16. The van der Waals surface area contributed by atoms with Crippen molar-refractivity contribution in [3.05, 3.63) is 42.0 Å². The fourth-order valence-corrected chi connectivity index (χ4v) is 3.10. The van der Waals surface area contributed by atoms with E-state index in [0.717, 1.165) is 5.56 Å². The number of nitrogens with zero attached hydrogens (tertiary/aromatic N) is 1. The van der Waals surface area contributed by atoms with E-state index in [1.54, 1.807) is 11.0 Å². The number of hydrogen-bond acceptors (Lipinski definition) is 3. The largest absolute Gasteiger partial charge is 0.338 e. The average Bonchev–Trinajstić information content (AvgIpc) is 2.87. The summed E-state index contributed by atoms with van der Waals surface area (Å²) < 4.78 is 22.9. The van der Waals surface area contributed by atoms with Crippen molar-refractivity contribution < 1.29 is 13.2 Å². The Kier molecular flexibility index (Phi) is 4.04. The van der Waals surface area contributed by atoms with Gasteiger partial charge in [-0.1, -0.05) is 30.3 Å². The summed E-state index contributed by atoms with van der Waals surface area (Å²) in [7, 11) is -3.05. The second-order valence-electron chi connectivity index (χ2n) is 4.77. The minimum absolute atomic E-state index is 0.130. The Bertz CT molecular complexity index is 578. The van der Waals surface area contributed by atoms with E-state index in [0.29, 0.717) is 19.5 Å². The molecule has 0 bridgehead atoms. The fraction of sp³-hybridized carbons (Fsp3) is 0.357. The van der Waals surface area contributed by atoms with Gasteiger partial charge in [0.2, 0.25) is 5.91 Å². The van der Waals surface area contributed by atoms with Gasteiger partial charge in [0.25, 0.3) is 0 Å². The Hall–Kier alpha value is -1.62. The van der Waals surface area contributed by atoms with Gasteiger partial charge in [-0.25, -0.2) is 8.42 Å². The molecule has 2 rings (SSSR count). The molecule has 0 saturated carbocycles. The molecule has 1 aliphatic heterocycles. The first kappa shape index (κ1) is 13.8. The van der Waals surface area contributed by atoms with Crippen molar-refractivity contribution in [2.45, 2.75) is 11.7 Å². The molecular formula is C14H17NO3S. The lowest BCUT2D eigenvalue weighted by atomic mass is 10.2. The number of rotatable bonds is 3. The quantitative estimate of drug-likeness (QED) is 0.785. The van der Waals surface area contributed by atoms with Crippen molar-refractivity contribution in [1.29, 1.82) is 0 Å². The molecule has 1 atom stereocenters. The van der Waals surface area contributed by atoms with Gasteiger partial charge in [-0.05, 0) is 18.1 Å². The predicted molar refractivity (Wildman–Crippen MR) is 75.3 cm³/mol. The monoisotopic (exact) mass is 279 g/mol. The van der Waals surface area contributed by atoms with Crippen LogP contribution in [0.3, 0.4) is 0 Å². The highest BCUT2D eigenvalue weighted by molar-refractivity contribution is 7.91. The van der Waals surface area contributed by atoms with E-state index in [2.05, 4.69) is 0 Å².